The van der Waals surface area contributed by atoms with E-state index in [9.17, 15) is 17.3 Å². The molecule has 0 aromatic heterocycles. The molecule has 0 aliphatic heterocycles. The fourth-order valence-electron chi connectivity index (χ4n) is 1.34. The molecule has 0 fully saturated rings. The average Bonchev–Trinajstić information content (AvgIpc) is 2.07. The van der Waals surface area contributed by atoms with Gasteiger partial charge in [0.15, 0.2) is 0 Å². The molecule has 0 spiro atoms. The summed E-state index contributed by atoms with van der Waals surface area (Å²) < 4.78 is 40.3. The van der Waals surface area contributed by atoms with E-state index in [-0.39, 0.29) is 18.9 Å². The fourth-order valence-corrected chi connectivity index (χ4v) is 1.34. The van der Waals surface area contributed by atoms with Crippen molar-refractivity contribution in [3.63, 3.8) is 0 Å². The Morgan fingerprint density at radius 2 is 0.867 bits per heavy atom. The minimum Gasteiger partial charge on any atom is -0.418 e. The topological polar surface area (TPSA) is 0 Å². The maximum Gasteiger partial charge on any atom is 0.673 e. The number of hydrogen-bond acceptors (Lipinski definition) is 0. The van der Waals surface area contributed by atoms with Crippen molar-refractivity contribution in [1.82, 2.24) is 0 Å². The normalized spacial score (nSPS) is 11.2. The SMILES string of the molecule is CC[N+](CC)(CC)CC.F[B-](F)(F)F.[Li]. The quantitative estimate of drug-likeness (QED) is 0.391. The van der Waals surface area contributed by atoms with Crippen molar-refractivity contribution in [1.29, 1.82) is 0 Å². The van der Waals surface area contributed by atoms with Crippen LogP contribution in [0.15, 0.2) is 0 Å². The van der Waals surface area contributed by atoms with Gasteiger partial charge in [0.05, 0.1) is 26.2 Å². The van der Waals surface area contributed by atoms with E-state index in [2.05, 4.69) is 27.7 Å². The van der Waals surface area contributed by atoms with Crippen LogP contribution in [-0.2, 0) is 0 Å². The molecule has 7 heteroatoms. The zero-order valence-corrected chi connectivity index (χ0v) is 10.4. The van der Waals surface area contributed by atoms with Gasteiger partial charge in [0.25, 0.3) is 0 Å². The second kappa shape index (κ2) is 9.56. The molecule has 0 aromatic carbocycles. The molecule has 15 heavy (non-hydrogen) atoms. The standard InChI is InChI=1S/C8H20N.BF4.Li/c1-5-9(6-2,7-3)8-4;2-1(3,4)5;/h5-8H2,1-4H3;;/q+1;-1;. The summed E-state index contributed by atoms with van der Waals surface area (Å²) in [5.41, 5.74) is 0. The number of hydrogen-bond donors (Lipinski definition) is 0. The van der Waals surface area contributed by atoms with E-state index in [0.29, 0.717) is 0 Å². The number of quaternary nitrogens is 1. The summed E-state index contributed by atoms with van der Waals surface area (Å²) in [5.74, 6) is 0. The molecular weight excluding hydrogens is 204 g/mol. The Hall–Kier alpha value is 0.342. The Labute approximate surface area is 102 Å². The Morgan fingerprint density at radius 1 is 0.733 bits per heavy atom. The molecule has 1 radical (unpaired) electrons. The monoisotopic (exact) mass is 224 g/mol. The first-order valence-electron chi connectivity index (χ1n) is 4.97. The minimum absolute atomic E-state index is 0. The maximum atomic E-state index is 9.75. The van der Waals surface area contributed by atoms with E-state index in [0.717, 1.165) is 0 Å². The van der Waals surface area contributed by atoms with Crippen LogP contribution in [0.25, 0.3) is 0 Å². The van der Waals surface area contributed by atoms with Crippen molar-refractivity contribution in [2.24, 2.45) is 0 Å². The van der Waals surface area contributed by atoms with Crippen molar-refractivity contribution in [3.05, 3.63) is 0 Å². The average molecular weight is 224 g/mol. The molecule has 1 nitrogen and oxygen atoms in total. The smallest absolute Gasteiger partial charge is 0.418 e. The third-order valence-electron chi connectivity index (χ3n) is 2.68. The molecule has 0 heterocycles. The van der Waals surface area contributed by atoms with Crippen molar-refractivity contribution in [3.8, 4) is 0 Å². The number of halogens is 4. The van der Waals surface area contributed by atoms with Crippen molar-refractivity contribution in [2.75, 3.05) is 26.2 Å². The van der Waals surface area contributed by atoms with Gasteiger partial charge >= 0.3 is 7.25 Å². The van der Waals surface area contributed by atoms with E-state index in [1.54, 1.807) is 0 Å². The molecule has 0 rings (SSSR count). The van der Waals surface area contributed by atoms with Gasteiger partial charge in [-0.1, -0.05) is 0 Å². The summed E-state index contributed by atoms with van der Waals surface area (Å²) in [6, 6.07) is 0. The third-order valence-corrected chi connectivity index (χ3v) is 2.68. The molecule has 0 aromatic rings. The Morgan fingerprint density at radius 3 is 0.867 bits per heavy atom. The van der Waals surface area contributed by atoms with Crippen LogP contribution in [0.4, 0.5) is 17.3 Å². The first-order chi connectivity index (χ1) is 6.24. The second-order valence-electron chi connectivity index (χ2n) is 3.10. The molecule has 0 N–H and O–H groups in total. The molecule has 0 aliphatic rings. The predicted octanol–water partition coefficient (Wildman–Crippen LogP) is 2.80. The Kier molecular flexibility index (Phi) is 13.2. The molecule has 0 saturated carbocycles. The summed E-state index contributed by atoms with van der Waals surface area (Å²) in [7, 11) is -6.00. The van der Waals surface area contributed by atoms with Gasteiger partial charge in [0.1, 0.15) is 0 Å². The predicted molar refractivity (Wildman–Crippen MR) is 58.4 cm³/mol. The van der Waals surface area contributed by atoms with Crippen molar-refractivity contribution >= 4 is 26.1 Å². The van der Waals surface area contributed by atoms with Gasteiger partial charge in [-0.15, -0.1) is 0 Å². The van der Waals surface area contributed by atoms with Gasteiger partial charge in [-0.25, -0.2) is 0 Å². The van der Waals surface area contributed by atoms with E-state index in [4.69, 9.17) is 0 Å². The van der Waals surface area contributed by atoms with Crippen molar-refractivity contribution < 1.29 is 21.7 Å². The van der Waals surface area contributed by atoms with Crippen LogP contribution in [0.5, 0.6) is 0 Å². The Balaban J connectivity index is -0.000000208. The zero-order valence-electron chi connectivity index (χ0n) is 10.4. The van der Waals surface area contributed by atoms with Crippen LogP contribution >= 0.6 is 0 Å². The van der Waals surface area contributed by atoms with Crippen LogP contribution in [0, 0.1) is 0 Å². The second-order valence-corrected chi connectivity index (χ2v) is 3.10. The van der Waals surface area contributed by atoms with Crippen LogP contribution in [0.2, 0.25) is 0 Å². The van der Waals surface area contributed by atoms with E-state index >= 15 is 0 Å². The molecule has 0 aliphatic carbocycles. The maximum absolute atomic E-state index is 9.75. The van der Waals surface area contributed by atoms with E-state index in [1.165, 1.54) is 30.7 Å². The third kappa shape index (κ3) is 14.3. The van der Waals surface area contributed by atoms with Crippen molar-refractivity contribution in [2.45, 2.75) is 27.7 Å². The largest absolute Gasteiger partial charge is 0.673 e. The summed E-state index contributed by atoms with van der Waals surface area (Å²) in [4.78, 5) is 0. The summed E-state index contributed by atoms with van der Waals surface area (Å²) in [6.45, 7) is 14.2. The zero-order chi connectivity index (χ0) is 11.8. The van der Waals surface area contributed by atoms with E-state index < -0.39 is 7.25 Å². The van der Waals surface area contributed by atoms with Gasteiger partial charge in [0, 0.05) is 18.9 Å². The van der Waals surface area contributed by atoms with Crippen LogP contribution in [0.3, 0.4) is 0 Å². The van der Waals surface area contributed by atoms with Crippen LogP contribution in [-0.4, -0.2) is 56.8 Å². The molecule has 0 unspecified atom stereocenters. The molecule has 0 amide bonds. The summed E-state index contributed by atoms with van der Waals surface area (Å²) in [5, 5.41) is 0. The van der Waals surface area contributed by atoms with Gasteiger partial charge < -0.3 is 21.7 Å². The van der Waals surface area contributed by atoms with Gasteiger partial charge in [0.2, 0.25) is 0 Å². The molecule has 0 atom stereocenters. The van der Waals surface area contributed by atoms with Gasteiger partial charge in [-0.05, 0) is 27.7 Å². The fraction of sp³-hybridized carbons (Fsp3) is 1.00. The molecule has 89 valence electrons. The van der Waals surface area contributed by atoms with Gasteiger partial charge in [-0.3, -0.25) is 0 Å². The molecule has 0 bridgehead atoms. The summed E-state index contributed by atoms with van der Waals surface area (Å²) >= 11 is 0. The molecular formula is C8H20BF4LiN. The molecule has 0 saturated heterocycles. The first kappa shape index (κ1) is 20.7. The summed E-state index contributed by atoms with van der Waals surface area (Å²) in [6.07, 6.45) is 0. The van der Waals surface area contributed by atoms with Crippen LogP contribution < -0.4 is 0 Å². The van der Waals surface area contributed by atoms with Crippen LogP contribution in [0.1, 0.15) is 27.7 Å². The Bertz CT molecular complexity index is 116. The number of rotatable bonds is 4. The minimum atomic E-state index is -6.00. The van der Waals surface area contributed by atoms with E-state index in [1.807, 2.05) is 0 Å². The number of nitrogens with zero attached hydrogens (tertiary/aromatic N) is 1. The van der Waals surface area contributed by atoms with Gasteiger partial charge in [-0.2, -0.15) is 0 Å². The first-order valence-corrected chi connectivity index (χ1v) is 4.97.